The van der Waals surface area contributed by atoms with E-state index in [-0.39, 0.29) is 11.9 Å². The number of carbonyl (C=O) groups excluding carboxylic acids is 1. The van der Waals surface area contributed by atoms with Crippen molar-refractivity contribution in [1.29, 1.82) is 0 Å². The van der Waals surface area contributed by atoms with Crippen molar-refractivity contribution in [3.8, 4) is 0 Å². The second-order valence-corrected chi connectivity index (χ2v) is 6.58. The van der Waals surface area contributed by atoms with Crippen molar-refractivity contribution < 1.29 is 4.79 Å². The van der Waals surface area contributed by atoms with Crippen molar-refractivity contribution in [2.75, 3.05) is 23.9 Å². The van der Waals surface area contributed by atoms with Gasteiger partial charge in [0.1, 0.15) is 6.04 Å². The minimum absolute atomic E-state index is 0.0144. The predicted octanol–water partition coefficient (Wildman–Crippen LogP) is 2.40. The van der Waals surface area contributed by atoms with Gasteiger partial charge in [0, 0.05) is 17.9 Å². The molecule has 0 radical (unpaired) electrons. The maximum atomic E-state index is 12.3. The van der Waals surface area contributed by atoms with E-state index >= 15 is 0 Å². The van der Waals surface area contributed by atoms with Gasteiger partial charge in [0.05, 0.1) is 0 Å². The molecule has 1 aromatic rings. The Morgan fingerprint density at radius 2 is 1.90 bits per heavy atom. The average molecular weight is 310 g/mol. The molecule has 0 saturated heterocycles. The molecule has 0 saturated carbocycles. The zero-order chi connectivity index (χ0) is 15.8. The van der Waals surface area contributed by atoms with Crippen LogP contribution in [0.3, 0.4) is 0 Å². The lowest BCUT2D eigenvalue weighted by atomic mass is 10.2. The number of carbonyl (C=O) groups is 1. The Balaban J connectivity index is 2.74. The number of anilines is 1. The second kappa shape index (κ2) is 8.87. The van der Waals surface area contributed by atoms with Crippen LogP contribution in [-0.4, -0.2) is 40.5 Å². The maximum Gasteiger partial charge on any atom is 0.242 e. The number of nitrogens with one attached hydrogen (secondary N) is 2. The quantitative estimate of drug-likeness (QED) is 0.772. The van der Waals surface area contributed by atoms with E-state index in [2.05, 4.69) is 34.4 Å². The summed E-state index contributed by atoms with van der Waals surface area (Å²) in [5.74, 6) is 1.89. The summed E-state index contributed by atoms with van der Waals surface area (Å²) in [6.45, 7) is 8.70. The summed E-state index contributed by atoms with van der Waals surface area (Å²) in [7, 11) is 0. The van der Waals surface area contributed by atoms with Gasteiger partial charge in [-0.05, 0) is 44.3 Å². The first-order valence-electron chi connectivity index (χ1n) is 7.27. The van der Waals surface area contributed by atoms with Crippen LogP contribution in [0.4, 0.5) is 5.95 Å². The average Bonchev–Trinajstić information content (AvgIpc) is 2.39. The largest absolute Gasteiger partial charge is 0.354 e. The standard InChI is InChI=1S/C15H26N4OS/c1-10(2)9-16-14(20)13(6-7-21-5)19-15-17-11(3)8-12(4)18-15/h8,10,13H,6-7,9H2,1-5H3,(H,16,20)(H,17,18,19)/t13-/m1/s1. The predicted molar refractivity (Wildman–Crippen MR) is 89.8 cm³/mol. The molecule has 1 atom stereocenters. The van der Waals surface area contributed by atoms with Crippen LogP contribution in [0.2, 0.25) is 0 Å². The molecule has 118 valence electrons. The van der Waals surface area contributed by atoms with Crippen LogP contribution in [0, 0.1) is 19.8 Å². The van der Waals surface area contributed by atoms with Crippen molar-refractivity contribution in [2.24, 2.45) is 5.92 Å². The van der Waals surface area contributed by atoms with E-state index in [1.165, 1.54) is 0 Å². The molecule has 1 rings (SSSR count). The number of hydrogen-bond donors (Lipinski definition) is 2. The SMILES string of the molecule is CSCC[C@@H](Nc1nc(C)cc(C)n1)C(=O)NCC(C)C. The van der Waals surface area contributed by atoms with Gasteiger partial charge in [-0.1, -0.05) is 13.8 Å². The first-order valence-corrected chi connectivity index (χ1v) is 8.67. The van der Waals surface area contributed by atoms with Gasteiger partial charge in [0.25, 0.3) is 0 Å². The summed E-state index contributed by atoms with van der Waals surface area (Å²) in [5.41, 5.74) is 1.80. The number of amides is 1. The van der Waals surface area contributed by atoms with E-state index in [9.17, 15) is 4.79 Å². The van der Waals surface area contributed by atoms with E-state index in [0.29, 0.717) is 18.4 Å². The Hall–Kier alpha value is -1.30. The monoisotopic (exact) mass is 310 g/mol. The highest BCUT2D eigenvalue weighted by Crippen LogP contribution is 2.09. The highest BCUT2D eigenvalue weighted by Gasteiger charge is 2.19. The molecule has 0 aromatic carbocycles. The summed E-state index contributed by atoms with van der Waals surface area (Å²) in [6, 6.07) is 1.62. The lowest BCUT2D eigenvalue weighted by Gasteiger charge is -2.19. The number of aryl methyl sites for hydroxylation is 2. The molecule has 6 heteroatoms. The van der Waals surface area contributed by atoms with Crippen LogP contribution in [0.25, 0.3) is 0 Å². The molecular formula is C15H26N4OS. The Labute approximate surface area is 131 Å². The fourth-order valence-corrected chi connectivity index (χ4v) is 2.35. The Bertz CT molecular complexity index is 445. The summed E-state index contributed by atoms with van der Waals surface area (Å²) < 4.78 is 0. The summed E-state index contributed by atoms with van der Waals surface area (Å²) in [6.07, 6.45) is 2.79. The van der Waals surface area contributed by atoms with E-state index < -0.39 is 0 Å². The second-order valence-electron chi connectivity index (χ2n) is 5.59. The summed E-state index contributed by atoms with van der Waals surface area (Å²) in [5, 5.41) is 6.15. The topological polar surface area (TPSA) is 66.9 Å². The van der Waals surface area contributed by atoms with Crippen molar-refractivity contribution in [2.45, 2.75) is 40.2 Å². The van der Waals surface area contributed by atoms with Crippen LogP contribution >= 0.6 is 11.8 Å². The minimum atomic E-state index is -0.294. The number of rotatable bonds is 8. The molecule has 0 spiro atoms. The fourth-order valence-electron chi connectivity index (χ4n) is 1.88. The molecule has 0 unspecified atom stereocenters. The highest BCUT2D eigenvalue weighted by molar-refractivity contribution is 7.98. The van der Waals surface area contributed by atoms with Crippen LogP contribution in [0.5, 0.6) is 0 Å². The lowest BCUT2D eigenvalue weighted by molar-refractivity contribution is -0.122. The Kier molecular flexibility index (Phi) is 7.50. The molecular weight excluding hydrogens is 284 g/mol. The van der Waals surface area contributed by atoms with Gasteiger partial charge in [-0.3, -0.25) is 4.79 Å². The van der Waals surface area contributed by atoms with Gasteiger partial charge < -0.3 is 10.6 Å². The Morgan fingerprint density at radius 3 is 2.43 bits per heavy atom. The van der Waals surface area contributed by atoms with Crippen LogP contribution < -0.4 is 10.6 Å². The summed E-state index contributed by atoms with van der Waals surface area (Å²) >= 11 is 1.73. The van der Waals surface area contributed by atoms with Gasteiger partial charge in [0.15, 0.2) is 0 Å². The number of nitrogens with zero attached hydrogens (tertiary/aromatic N) is 2. The molecule has 0 fully saturated rings. The third kappa shape index (κ3) is 6.80. The van der Waals surface area contributed by atoms with E-state index in [4.69, 9.17) is 0 Å². The van der Waals surface area contributed by atoms with Gasteiger partial charge in [-0.15, -0.1) is 0 Å². The van der Waals surface area contributed by atoms with Crippen molar-refractivity contribution in [1.82, 2.24) is 15.3 Å². The fraction of sp³-hybridized carbons (Fsp3) is 0.667. The summed E-state index contributed by atoms with van der Waals surface area (Å²) in [4.78, 5) is 21.0. The van der Waals surface area contributed by atoms with E-state index in [1.54, 1.807) is 11.8 Å². The van der Waals surface area contributed by atoms with Crippen molar-refractivity contribution in [3.63, 3.8) is 0 Å². The van der Waals surface area contributed by atoms with Crippen LogP contribution in [-0.2, 0) is 4.79 Å². The third-order valence-corrected chi connectivity index (χ3v) is 3.54. The maximum absolute atomic E-state index is 12.3. The minimum Gasteiger partial charge on any atom is -0.354 e. The zero-order valence-corrected chi connectivity index (χ0v) is 14.4. The van der Waals surface area contributed by atoms with E-state index in [1.807, 2.05) is 26.2 Å². The first kappa shape index (κ1) is 17.8. The number of thioether (sulfide) groups is 1. The lowest BCUT2D eigenvalue weighted by Crippen LogP contribution is -2.41. The smallest absolute Gasteiger partial charge is 0.242 e. The molecule has 0 aliphatic carbocycles. The molecule has 1 heterocycles. The van der Waals surface area contributed by atoms with Gasteiger partial charge in [-0.25, -0.2) is 9.97 Å². The van der Waals surface area contributed by atoms with Crippen LogP contribution in [0.15, 0.2) is 6.07 Å². The third-order valence-electron chi connectivity index (χ3n) is 2.90. The molecule has 1 amide bonds. The van der Waals surface area contributed by atoms with Gasteiger partial charge in [0.2, 0.25) is 11.9 Å². The van der Waals surface area contributed by atoms with Crippen molar-refractivity contribution in [3.05, 3.63) is 17.5 Å². The first-order chi connectivity index (χ1) is 9.92. The molecule has 0 aliphatic rings. The molecule has 0 aliphatic heterocycles. The van der Waals surface area contributed by atoms with Crippen molar-refractivity contribution >= 4 is 23.6 Å². The van der Waals surface area contributed by atoms with Gasteiger partial charge >= 0.3 is 0 Å². The Morgan fingerprint density at radius 1 is 1.29 bits per heavy atom. The van der Waals surface area contributed by atoms with Crippen LogP contribution in [0.1, 0.15) is 31.7 Å². The molecule has 5 nitrogen and oxygen atoms in total. The molecule has 2 N–H and O–H groups in total. The normalized spacial score (nSPS) is 12.3. The molecule has 1 aromatic heterocycles. The van der Waals surface area contributed by atoms with Gasteiger partial charge in [-0.2, -0.15) is 11.8 Å². The van der Waals surface area contributed by atoms with E-state index in [0.717, 1.165) is 23.6 Å². The number of aromatic nitrogens is 2. The molecule has 0 bridgehead atoms. The highest BCUT2D eigenvalue weighted by atomic mass is 32.2. The molecule has 21 heavy (non-hydrogen) atoms. The number of hydrogen-bond acceptors (Lipinski definition) is 5. The zero-order valence-electron chi connectivity index (χ0n) is 13.6.